The van der Waals surface area contributed by atoms with Crippen molar-refractivity contribution in [3.63, 3.8) is 0 Å². The van der Waals surface area contributed by atoms with Crippen LogP contribution in [0.25, 0.3) is 0 Å². The first-order chi connectivity index (χ1) is 15.9. The van der Waals surface area contributed by atoms with Crippen LogP contribution in [0.5, 0.6) is 11.5 Å². The Morgan fingerprint density at radius 3 is 2.61 bits per heavy atom. The Balaban J connectivity index is 1.51. The predicted octanol–water partition coefficient (Wildman–Crippen LogP) is 3.05. The molecule has 2 heterocycles. The highest BCUT2D eigenvalue weighted by Crippen LogP contribution is 2.38. The van der Waals surface area contributed by atoms with Crippen molar-refractivity contribution in [1.29, 1.82) is 0 Å². The third-order valence-electron chi connectivity index (χ3n) is 6.29. The molecule has 4 rings (SSSR count). The van der Waals surface area contributed by atoms with Crippen LogP contribution in [0, 0.1) is 11.7 Å². The molecule has 0 aromatic heterocycles. The van der Waals surface area contributed by atoms with E-state index in [9.17, 15) is 19.1 Å². The van der Waals surface area contributed by atoms with Gasteiger partial charge in [-0.15, -0.1) is 0 Å². The molecule has 0 spiro atoms. The van der Waals surface area contributed by atoms with Crippen LogP contribution in [0.4, 0.5) is 14.9 Å². The number of likely N-dealkylation sites (tertiary alicyclic amines) is 1. The average molecular weight is 458 g/mol. The number of benzene rings is 2. The number of amides is 2. The quantitative estimate of drug-likeness (QED) is 0.690. The number of rotatable bonds is 6. The van der Waals surface area contributed by atoms with Gasteiger partial charge in [0.2, 0.25) is 5.91 Å². The third kappa shape index (κ3) is 4.88. The molecule has 1 saturated heterocycles. The highest BCUT2D eigenvalue weighted by Gasteiger charge is 2.33. The van der Waals surface area contributed by atoms with Crippen molar-refractivity contribution in [2.24, 2.45) is 5.92 Å². The van der Waals surface area contributed by atoms with Gasteiger partial charge in [-0.05, 0) is 42.7 Å². The van der Waals surface area contributed by atoms with Gasteiger partial charge in [-0.1, -0.05) is 12.1 Å². The molecular formula is C24H27FN2O6. The zero-order chi connectivity index (χ0) is 23.5. The SMILES string of the molecule is COc1ccc(CN2C(=O)CCc3c(OCC4CCN(C(=O)O)CC4O)ccc(F)c32)cc1. The van der Waals surface area contributed by atoms with Crippen molar-refractivity contribution in [1.82, 2.24) is 4.90 Å². The lowest BCUT2D eigenvalue weighted by atomic mass is 9.94. The zero-order valence-corrected chi connectivity index (χ0v) is 18.4. The minimum Gasteiger partial charge on any atom is -0.497 e. The molecule has 0 aliphatic carbocycles. The fraction of sp³-hybridized carbons (Fsp3) is 0.417. The summed E-state index contributed by atoms with van der Waals surface area (Å²) in [5.41, 5.74) is 1.69. The van der Waals surface area contributed by atoms with Crippen molar-refractivity contribution >= 4 is 17.7 Å². The number of anilines is 1. The summed E-state index contributed by atoms with van der Waals surface area (Å²) in [6, 6.07) is 10.1. The van der Waals surface area contributed by atoms with E-state index in [1.54, 1.807) is 25.3 Å². The van der Waals surface area contributed by atoms with E-state index in [1.807, 2.05) is 12.1 Å². The van der Waals surface area contributed by atoms with Gasteiger partial charge < -0.3 is 29.5 Å². The molecule has 2 aliphatic rings. The van der Waals surface area contributed by atoms with Gasteiger partial charge in [0.15, 0.2) is 0 Å². The molecule has 2 N–H and O–H groups in total. The maximum Gasteiger partial charge on any atom is 0.407 e. The van der Waals surface area contributed by atoms with Crippen molar-refractivity contribution in [3.05, 3.63) is 53.3 Å². The number of halogens is 1. The first-order valence-electron chi connectivity index (χ1n) is 10.9. The number of nitrogens with zero attached hydrogens (tertiary/aromatic N) is 2. The Hall–Kier alpha value is -3.33. The van der Waals surface area contributed by atoms with Gasteiger partial charge in [-0.3, -0.25) is 4.79 Å². The third-order valence-corrected chi connectivity index (χ3v) is 6.29. The molecule has 2 unspecified atom stereocenters. The number of β-amino-alcohol motifs (C(OH)–C–C–N with tert-alkyl or cyclic N) is 1. The van der Waals surface area contributed by atoms with Crippen LogP contribution in [-0.4, -0.2) is 60.0 Å². The highest BCUT2D eigenvalue weighted by molar-refractivity contribution is 5.97. The van der Waals surface area contributed by atoms with E-state index in [-0.39, 0.29) is 43.6 Å². The predicted molar refractivity (Wildman–Crippen MR) is 118 cm³/mol. The molecule has 2 aliphatic heterocycles. The molecule has 0 radical (unpaired) electrons. The second kappa shape index (κ2) is 9.66. The number of fused-ring (bicyclic) bond motifs is 1. The number of carbonyl (C=O) groups is 2. The lowest BCUT2D eigenvalue weighted by Crippen LogP contribution is -2.47. The molecule has 8 nitrogen and oxygen atoms in total. The smallest absolute Gasteiger partial charge is 0.407 e. The molecule has 2 aromatic carbocycles. The lowest BCUT2D eigenvalue weighted by Gasteiger charge is -2.35. The second-order valence-electron chi connectivity index (χ2n) is 8.36. The van der Waals surface area contributed by atoms with Gasteiger partial charge in [-0.2, -0.15) is 0 Å². The van der Waals surface area contributed by atoms with Crippen LogP contribution in [0.1, 0.15) is 24.0 Å². The van der Waals surface area contributed by atoms with Crippen molar-refractivity contribution in [3.8, 4) is 11.5 Å². The Morgan fingerprint density at radius 2 is 1.94 bits per heavy atom. The van der Waals surface area contributed by atoms with Gasteiger partial charge in [-0.25, -0.2) is 9.18 Å². The summed E-state index contributed by atoms with van der Waals surface area (Å²) in [5, 5.41) is 19.4. The first kappa shape index (κ1) is 22.8. The van der Waals surface area contributed by atoms with Gasteiger partial charge in [0.25, 0.3) is 0 Å². The number of methoxy groups -OCH3 is 1. The Kier molecular flexibility index (Phi) is 6.69. The van der Waals surface area contributed by atoms with E-state index in [1.165, 1.54) is 15.9 Å². The summed E-state index contributed by atoms with van der Waals surface area (Å²) < 4.78 is 26.1. The van der Waals surface area contributed by atoms with Crippen LogP contribution >= 0.6 is 0 Å². The number of hydrogen-bond donors (Lipinski definition) is 2. The Labute approximate surface area is 191 Å². The van der Waals surface area contributed by atoms with E-state index in [4.69, 9.17) is 14.6 Å². The topological polar surface area (TPSA) is 99.5 Å². The van der Waals surface area contributed by atoms with Crippen LogP contribution in [0.3, 0.4) is 0 Å². The molecule has 9 heteroatoms. The number of ether oxygens (including phenoxy) is 2. The largest absolute Gasteiger partial charge is 0.497 e. The first-order valence-corrected chi connectivity index (χ1v) is 10.9. The number of carbonyl (C=O) groups excluding carboxylic acids is 1. The molecule has 1 fully saturated rings. The number of carboxylic acid groups (broad SMARTS) is 1. The Bertz CT molecular complexity index is 1030. The molecule has 176 valence electrons. The minimum atomic E-state index is -1.05. The molecular weight excluding hydrogens is 431 g/mol. The lowest BCUT2D eigenvalue weighted by molar-refractivity contribution is -0.119. The fourth-order valence-corrected chi connectivity index (χ4v) is 4.38. The molecule has 0 saturated carbocycles. The van der Waals surface area contributed by atoms with E-state index < -0.39 is 18.0 Å². The second-order valence-corrected chi connectivity index (χ2v) is 8.36. The summed E-state index contributed by atoms with van der Waals surface area (Å²) in [6.07, 6.45) is -0.816. The van der Waals surface area contributed by atoms with Crippen LogP contribution in [-0.2, 0) is 17.8 Å². The summed E-state index contributed by atoms with van der Waals surface area (Å²) in [4.78, 5) is 26.4. The van der Waals surface area contributed by atoms with Gasteiger partial charge in [0.05, 0.1) is 38.6 Å². The number of aliphatic hydroxyl groups excluding tert-OH is 1. The molecule has 33 heavy (non-hydrogen) atoms. The molecule has 2 atom stereocenters. The summed E-state index contributed by atoms with van der Waals surface area (Å²) in [7, 11) is 1.57. The Morgan fingerprint density at radius 1 is 1.18 bits per heavy atom. The standard InChI is InChI=1S/C24H27FN2O6/c1-32-17-4-2-15(3-5-17)12-27-22(29)9-6-18-21(8-7-19(25)23(18)27)33-14-16-10-11-26(24(30)31)13-20(16)28/h2-5,7-8,16,20,28H,6,9-14H2,1H3,(H,30,31). The van der Waals surface area contributed by atoms with E-state index in [2.05, 4.69) is 0 Å². The summed E-state index contributed by atoms with van der Waals surface area (Å²) >= 11 is 0. The van der Waals surface area contributed by atoms with Crippen molar-refractivity contribution < 1.29 is 33.7 Å². The van der Waals surface area contributed by atoms with E-state index in [0.717, 1.165) is 5.56 Å². The normalized spacial score (nSPS) is 20.4. The maximum atomic E-state index is 14.9. The molecule has 0 bridgehead atoms. The van der Waals surface area contributed by atoms with Crippen LogP contribution < -0.4 is 14.4 Å². The van der Waals surface area contributed by atoms with Crippen molar-refractivity contribution in [2.75, 3.05) is 31.7 Å². The summed E-state index contributed by atoms with van der Waals surface area (Å²) in [5.74, 6) is 0.287. The van der Waals surface area contributed by atoms with Crippen LogP contribution in [0.2, 0.25) is 0 Å². The highest BCUT2D eigenvalue weighted by atomic mass is 19.1. The number of aliphatic hydroxyl groups is 1. The van der Waals surface area contributed by atoms with E-state index in [0.29, 0.717) is 36.4 Å². The number of piperidine rings is 1. The zero-order valence-electron chi connectivity index (χ0n) is 18.4. The molecule has 2 amide bonds. The fourth-order valence-electron chi connectivity index (χ4n) is 4.38. The maximum absolute atomic E-state index is 14.9. The number of hydrogen-bond acceptors (Lipinski definition) is 5. The van der Waals surface area contributed by atoms with Crippen LogP contribution in [0.15, 0.2) is 36.4 Å². The van der Waals surface area contributed by atoms with Gasteiger partial charge >= 0.3 is 6.09 Å². The monoisotopic (exact) mass is 458 g/mol. The summed E-state index contributed by atoms with van der Waals surface area (Å²) in [6.45, 7) is 0.767. The molecule has 2 aromatic rings. The average Bonchev–Trinajstić information content (AvgIpc) is 2.81. The van der Waals surface area contributed by atoms with Crippen molar-refractivity contribution in [2.45, 2.75) is 31.9 Å². The minimum absolute atomic E-state index is 0.0367. The van der Waals surface area contributed by atoms with Gasteiger partial charge in [0.1, 0.15) is 17.3 Å². The van der Waals surface area contributed by atoms with E-state index >= 15 is 0 Å². The van der Waals surface area contributed by atoms with Gasteiger partial charge in [0, 0.05) is 24.4 Å².